The fourth-order valence-corrected chi connectivity index (χ4v) is 2.96. The van der Waals surface area contributed by atoms with E-state index in [-0.39, 0.29) is 29.7 Å². The van der Waals surface area contributed by atoms with Gasteiger partial charge in [0.25, 0.3) is 11.2 Å². The first-order valence-electron chi connectivity index (χ1n) is 9.02. The molecular formula is C20H19N5O5. The van der Waals surface area contributed by atoms with Crippen LogP contribution >= 0.6 is 0 Å². The first-order valence-corrected chi connectivity index (χ1v) is 9.02. The number of hydrogen-bond acceptors (Lipinski definition) is 6. The molecule has 10 heteroatoms. The average molecular weight is 409 g/mol. The molecule has 0 aliphatic rings. The molecule has 0 atom stereocenters. The lowest BCUT2D eigenvalue weighted by Crippen LogP contribution is -2.37. The summed E-state index contributed by atoms with van der Waals surface area (Å²) in [5, 5.41) is 16.1. The molecule has 1 heterocycles. The minimum Gasteiger partial charge on any atom is -0.345 e. The highest BCUT2D eigenvalue weighted by atomic mass is 16.6. The van der Waals surface area contributed by atoms with Crippen molar-refractivity contribution in [3.63, 3.8) is 0 Å². The van der Waals surface area contributed by atoms with Crippen LogP contribution in [0, 0.1) is 24.0 Å². The lowest BCUT2D eigenvalue weighted by atomic mass is 10.1. The van der Waals surface area contributed by atoms with Crippen LogP contribution in [0.1, 0.15) is 11.1 Å². The molecule has 10 nitrogen and oxygen atoms in total. The van der Waals surface area contributed by atoms with E-state index in [0.717, 1.165) is 21.8 Å². The third-order valence-corrected chi connectivity index (χ3v) is 4.52. The fraction of sp³-hybridized carbons (Fsp3) is 0.200. The highest BCUT2D eigenvalue weighted by molar-refractivity contribution is 5.95. The number of rotatable bonds is 6. The maximum atomic E-state index is 12.5. The number of hydrogen-bond donors (Lipinski definition) is 2. The number of anilines is 1. The highest BCUT2D eigenvalue weighted by Gasteiger charge is 2.13. The Morgan fingerprint density at radius 1 is 1.13 bits per heavy atom. The van der Waals surface area contributed by atoms with Gasteiger partial charge in [0.2, 0.25) is 11.8 Å². The number of fused-ring (bicyclic) bond motifs is 1. The number of nitro groups is 1. The summed E-state index contributed by atoms with van der Waals surface area (Å²) in [5.41, 5.74) is 1.95. The molecule has 2 N–H and O–H groups in total. The van der Waals surface area contributed by atoms with Crippen molar-refractivity contribution < 1.29 is 14.5 Å². The largest absolute Gasteiger partial charge is 0.345 e. The molecule has 0 saturated heterocycles. The van der Waals surface area contributed by atoms with Crippen LogP contribution in [-0.4, -0.2) is 32.8 Å². The van der Waals surface area contributed by atoms with Gasteiger partial charge in [-0.05, 0) is 31.0 Å². The molecule has 0 bridgehead atoms. The van der Waals surface area contributed by atoms with Gasteiger partial charge in [0.15, 0.2) is 0 Å². The number of amides is 2. The average Bonchev–Trinajstić information content (AvgIpc) is 2.71. The van der Waals surface area contributed by atoms with Gasteiger partial charge in [0.1, 0.15) is 6.54 Å². The van der Waals surface area contributed by atoms with Gasteiger partial charge in [-0.25, -0.2) is 4.98 Å². The van der Waals surface area contributed by atoms with E-state index in [1.165, 1.54) is 18.5 Å². The van der Waals surface area contributed by atoms with Crippen LogP contribution in [0.5, 0.6) is 0 Å². The van der Waals surface area contributed by atoms with E-state index in [1.807, 2.05) is 32.0 Å². The number of nitro benzene ring substituents is 1. The molecule has 0 radical (unpaired) electrons. The van der Waals surface area contributed by atoms with Crippen LogP contribution in [0.25, 0.3) is 10.9 Å². The van der Waals surface area contributed by atoms with E-state index in [2.05, 4.69) is 15.6 Å². The van der Waals surface area contributed by atoms with Crippen molar-refractivity contribution in [2.24, 2.45) is 0 Å². The first kappa shape index (κ1) is 20.6. The molecule has 3 aromatic rings. The zero-order valence-electron chi connectivity index (χ0n) is 16.3. The van der Waals surface area contributed by atoms with Crippen molar-refractivity contribution in [1.82, 2.24) is 14.9 Å². The van der Waals surface area contributed by atoms with E-state index < -0.39 is 22.3 Å². The van der Waals surface area contributed by atoms with Gasteiger partial charge in [-0.2, -0.15) is 0 Å². The van der Waals surface area contributed by atoms with Crippen molar-refractivity contribution in [3.05, 3.63) is 74.3 Å². The molecule has 0 spiro atoms. The molecule has 30 heavy (non-hydrogen) atoms. The minimum atomic E-state index is -0.613. The van der Waals surface area contributed by atoms with Crippen molar-refractivity contribution in [1.29, 1.82) is 0 Å². The molecule has 0 fully saturated rings. The van der Waals surface area contributed by atoms with Crippen LogP contribution in [0.2, 0.25) is 0 Å². The second kappa shape index (κ2) is 8.52. The predicted molar refractivity (Wildman–Crippen MR) is 110 cm³/mol. The number of aromatic nitrogens is 2. The third kappa shape index (κ3) is 4.49. The van der Waals surface area contributed by atoms with Crippen LogP contribution in [0.3, 0.4) is 0 Å². The second-order valence-electron chi connectivity index (χ2n) is 6.73. The number of non-ortho nitro benzene ring substituents is 1. The normalized spacial score (nSPS) is 10.6. The van der Waals surface area contributed by atoms with Crippen LogP contribution in [0.4, 0.5) is 11.4 Å². The summed E-state index contributed by atoms with van der Waals surface area (Å²) in [6, 6.07) is 9.36. The van der Waals surface area contributed by atoms with E-state index in [9.17, 15) is 24.5 Å². The maximum Gasteiger partial charge on any atom is 0.270 e. The van der Waals surface area contributed by atoms with Crippen molar-refractivity contribution in [2.45, 2.75) is 20.4 Å². The second-order valence-corrected chi connectivity index (χ2v) is 6.73. The maximum absolute atomic E-state index is 12.5. The van der Waals surface area contributed by atoms with Gasteiger partial charge in [-0.3, -0.25) is 29.1 Å². The summed E-state index contributed by atoms with van der Waals surface area (Å²) in [6.07, 6.45) is 1.19. The zero-order valence-corrected chi connectivity index (χ0v) is 16.3. The predicted octanol–water partition coefficient (Wildman–Crippen LogP) is 1.68. The lowest BCUT2D eigenvalue weighted by Gasteiger charge is -2.12. The summed E-state index contributed by atoms with van der Waals surface area (Å²) in [7, 11) is 0. The molecule has 0 aliphatic heterocycles. The fourth-order valence-electron chi connectivity index (χ4n) is 2.96. The van der Waals surface area contributed by atoms with E-state index in [0.29, 0.717) is 5.69 Å². The Hall–Kier alpha value is -4.08. The monoisotopic (exact) mass is 409 g/mol. The number of benzene rings is 2. The van der Waals surface area contributed by atoms with Crippen LogP contribution < -0.4 is 16.2 Å². The van der Waals surface area contributed by atoms with Gasteiger partial charge < -0.3 is 10.6 Å². The standard InChI is InChI=1S/C20H19N5O5/c1-12-4-3-5-13(2)19(12)23-17(26)9-21-18(27)10-24-11-22-16-7-6-14(25(29)30)8-15(16)20(24)28/h3-8,11H,9-10H2,1-2H3,(H,21,27)(H,23,26). The Labute approximate surface area is 170 Å². The number of para-hydroxylation sites is 1. The van der Waals surface area contributed by atoms with E-state index in [1.54, 1.807) is 0 Å². The summed E-state index contributed by atoms with van der Waals surface area (Å²) < 4.78 is 1.03. The minimum absolute atomic E-state index is 0.0345. The van der Waals surface area contributed by atoms with Gasteiger partial charge in [-0.15, -0.1) is 0 Å². The molecule has 3 rings (SSSR count). The third-order valence-electron chi connectivity index (χ3n) is 4.52. The van der Waals surface area contributed by atoms with Crippen molar-refractivity contribution in [3.8, 4) is 0 Å². The van der Waals surface area contributed by atoms with Gasteiger partial charge in [-0.1, -0.05) is 18.2 Å². The summed E-state index contributed by atoms with van der Waals surface area (Å²) in [6.45, 7) is 3.09. The summed E-state index contributed by atoms with van der Waals surface area (Å²) >= 11 is 0. The Balaban J connectivity index is 1.66. The van der Waals surface area contributed by atoms with Crippen molar-refractivity contribution in [2.75, 3.05) is 11.9 Å². The summed E-state index contributed by atoms with van der Waals surface area (Å²) in [4.78, 5) is 51.2. The quantitative estimate of drug-likeness (QED) is 0.469. The molecule has 2 amide bonds. The molecule has 0 aliphatic carbocycles. The molecular weight excluding hydrogens is 390 g/mol. The number of carbonyl (C=O) groups is 2. The summed E-state index contributed by atoms with van der Waals surface area (Å²) in [5.74, 6) is -0.972. The molecule has 1 aromatic heterocycles. The van der Waals surface area contributed by atoms with Crippen LogP contribution in [0.15, 0.2) is 47.5 Å². The van der Waals surface area contributed by atoms with Crippen LogP contribution in [-0.2, 0) is 16.1 Å². The number of nitrogens with one attached hydrogen (secondary N) is 2. The first-order chi connectivity index (χ1) is 14.3. The van der Waals surface area contributed by atoms with E-state index in [4.69, 9.17) is 0 Å². The number of aryl methyl sites for hydroxylation is 2. The number of nitrogens with zero attached hydrogens (tertiary/aromatic N) is 3. The lowest BCUT2D eigenvalue weighted by molar-refractivity contribution is -0.384. The van der Waals surface area contributed by atoms with Gasteiger partial charge >= 0.3 is 0 Å². The Kier molecular flexibility index (Phi) is 5.86. The van der Waals surface area contributed by atoms with Gasteiger partial charge in [0.05, 0.1) is 28.7 Å². The highest BCUT2D eigenvalue weighted by Crippen LogP contribution is 2.19. The molecule has 0 unspecified atom stereocenters. The number of carbonyl (C=O) groups excluding carboxylic acids is 2. The smallest absolute Gasteiger partial charge is 0.270 e. The molecule has 2 aromatic carbocycles. The molecule has 0 saturated carbocycles. The van der Waals surface area contributed by atoms with Crippen molar-refractivity contribution >= 4 is 34.1 Å². The Bertz CT molecular complexity index is 1200. The Morgan fingerprint density at radius 3 is 2.50 bits per heavy atom. The SMILES string of the molecule is Cc1cccc(C)c1NC(=O)CNC(=O)Cn1cnc2ccc([N+](=O)[O-])cc2c1=O. The zero-order chi connectivity index (χ0) is 21.8. The Morgan fingerprint density at radius 2 is 1.83 bits per heavy atom. The molecule has 154 valence electrons. The van der Waals surface area contributed by atoms with E-state index >= 15 is 0 Å². The van der Waals surface area contributed by atoms with Gasteiger partial charge in [0, 0.05) is 17.8 Å². The topological polar surface area (TPSA) is 136 Å².